The van der Waals surface area contributed by atoms with Crippen LogP contribution in [0.15, 0.2) is 119 Å². The molecule has 1 atom stereocenters. The zero-order valence-electron chi connectivity index (χ0n) is 22.2. The van der Waals surface area contributed by atoms with Crippen LogP contribution >= 0.6 is 23.4 Å². The molecule has 0 radical (unpaired) electrons. The first kappa shape index (κ1) is 28.0. The Balaban J connectivity index is 1.40. The second-order valence-electron chi connectivity index (χ2n) is 9.40. The first-order valence-corrected chi connectivity index (χ1v) is 14.3. The van der Waals surface area contributed by atoms with Crippen molar-refractivity contribution in [2.75, 3.05) is 11.1 Å². The molecule has 0 aromatic heterocycles. The van der Waals surface area contributed by atoms with E-state index in [9.17, 15) is 14.9 Å². The number of thioether (sulfide) groups is 1. The van der Waals surface area contributed by atoms with Crippen LogP contribution in [0, 0.1) is 11.3 Å². The lowest BCUT2D eigenvalue weighted by Crippen LogP contribution is -2.29. The molecule has 0 saturated heterocycles. The zero-order chi connectivity index (χ0) is 28.8. The normalized spacial score (nSPS) is 14.8. The summed E-state index contributed by atoms with van der Waals surface area (Å²) in [4.78, 5) is 26.5. The summed E-state index contributed by atoms with van der Waals surface area (Å²) in [5.41, 5.74) is 3.30. The van der Waals surface area contributed by atoms with Gasteiger partial charge in [0.05, 0.1) is 33.9 Å². The van der Waals surface area contributed by atoms with Crippen LogP contribution in [0.5, 0.6) is 0 Å². The summed E-state index contributed by atoms with van der Waals surface area (Å²) in [6, 6.07) is 32.3. The van der Waals surface area contributed by atoms with Gasteiger partial charge in [-0.2, -0.15) is 5.26 Å². The van der Waals surface area contributed by atoms with Gasteiger partial charge in [-0.1, -0.05) is 108 Å². The fourth-order valence-corrected chi connectivity index (χ4v) is 5.91. The molecule has 1 amide bonds. The summed E-state index contributed by atoms with van der Waals surface area (Å²) in [5.74, 6) is -1.48. The van der Waals surface area contributed by atoms with Gasteiger partial charge in [-0.25, -0.2) is 4.79 Å². The van der Waals surface area contributed by atoms with Gasteiger partial charge in [-0.15, -0.1) is 0 Å². The number of benzene rings is 4. The molecule has 0 spiro atoms. The third kappa shape index (κ3) is 6.30. The van der Waals surface area contributed by atoms with Crippen molar-refractivity contribution in [2.45, 2.75) is 19.4 Å². The number of carbonyl (C=O) groups is 2. The number of hydrogen-bond donors (Lipinski definition) is 2. The number of esters is 1. The van der Waals surface area contributed by atoms with Crippen molar-refractivity contribution in [1.82, 2.24) is 5.32 Å². The van der Waals surface area contributed by atoms with Gasteiger partial charge in [0, 0.05) is 21.8 Å². The third-order valence-corrected chi connectivity index (χ3v) is 8.07. The highest BCUT2D eigenvalue weighted by molar-refractivity contribution is 8.03. The molecule has 8 heteroatoms. The van der Waals surface area contributed by atoms with Crippen LogP contribution in [0.2, 0.25) is 5.02 Å². The van der Waals surface area contributed by atoms with E-state index in [4.69, 9.17) is 16.3 Å². The number of amides is 1. The van der Waals surface area contributed by atoms with E-state index in [1.165, 1.54) is 11.8 Å². The molecular weight excluding hydrogens is 554 g/mol. The van der Waals surface area contributed by atoms with Crippen LogP contribution in [-0.2, 0) is 20.9 Å². The first-order valence-electron chi connectivity index (χ1n) is 12.9. The predicted molar refractivity (Wildman–Crippen MR) is 164 cm³/mol. The second kappa shape index (κ2) is 12.8. The SMILES string of the molecule is CC1=C(C(=O)OCc2ccccc2)[C@H](c2ccccc2Cl)C(C#N)=C(SCC(=O)Nc2cccc3ccccc23)N1. The van der Waals surface area contributed by atoms with Crippen molar-refractivity contribution in [1.29, 1.82) is 5.26 Å². The molecule has 2 N–H and O–H groups in total. The number of rotatable bonds is 8. The molecule has 0 aliphatic carbocycles. The third-order valence-electron chi connectivity index (χ3n) is 6.71. The lowest BCUT2D eigenvalue weighted by atomic mass is 9.82. The summed E-state index contributed by atoms with van der Waals surface area (Å²) < 4.78 is 5.67. The van der Waals surface area contributed by atoms with Gasteiger partial charge in [0.2, 0.25) is 5.91 Å². The molecule has 204 valence electrons. The smallest absolute Gasteiger partial charge is 0.337 e. The Bertz CT molecular complexity index is 1720. The number of nitriles is 1. The average Bonchev–Trinajstić information content (AvgIpc) is 2.99. The van der Waals surface area contributed by atoms with E-state index in [1.54, 1.807) is 25.1 Å². The number of nitrogens with zero attached hydrogens (tertiary/aromatic N) is 1. The number of nitrogens with one attached hydrogen (secondary N) is 2. The molecule has 6 nitrogen and oxygen atoms in total. The number of hydrogen-bond acceptors (Lipinski definition) is 6. The predicted octanol–water partition coefficient (Wildman–Crippen LogP) is 7.30. The van der Waals surface area contributed by atoms with Crippen LogP contribution in [-0.4, -0.2) is 17.6 Å². The van der Waals surface area contributed by atoms with E-state index in [0.29, 0.717) is 38.1 Å². The van der Waals surface area contributed by atoms with Crippen LogP contribution in [0.3, 0.4) is 0 Å². The summed E-state index contributed by atoms with van der Waals surface area (Å²) in [6.45, 7) is 1.85. The van der Waals surface area contributed by atoms with Crippen LogP contribution in [0.1, 0.15) is 24.0 Å². The maximum atomic E-state index is 13.5. The highest BCUT2D eigenvalue weighted by Crippen LogP contribution is 2.43. The lowest BCUT2D eigenvalue weighted by Gasteiger charge is -2.29. The molecule has 1 aliphatic rings. The topological polar surface area (TPSA) is 91.2 Å². The number of fused-ring (bicyclic) bond motifs is 1. The monoisotopic (exact) mass is 579 g/mol. The van der Waals surface area contributed by atoms with Gasteiger partial charge >= 0.3 is 5.97 Å². The Morgan fingerprint density at radius 3 is 2.46 bits per heavy atom. The van der Waals surface area contributed by atoms with Crippen molar-refractivity contribution >= 4 is 51.7 Å². The van der Waals surface area contributed by atoms with Gasteiger partial charge < -0.3 is 15.4 Å². The first-order chi connectivity index (χ1) is 20.0. The van der Waals surface area contributed by atoms with E-state index in [2.05, 4.69) is 16.7 Å². The largest absolute Gasteiger partial charge is 0.457 e. The zero-order valence-corrected chi connectivity index (χ0v) is 23.8. The molecule has 0 fully saturated rings. The Morgan fingerprint density at radius 1 is 0.976 bits per heavy atom. The van der Waals surface area contributed by atoms with Crippen molar-refractivity contribution < 1.29 is 14.3 Å². The number of dihydropyridines is 1. The van der Waals surface area contributed by atoms with Crippen molar-refractivity contribution in [3.63, 3.8) is 0 Å². The quantitative estimate of drug-likeness (QED) is 0.213. The molecule has 1 aliphatic heterocycles. The van der Waals surface area contributed by atoms with Crippen molar-refractivity contribution in [3.05, 3.63) is 135 Å². The molecule has 4 aromatic carbocycles. The summed E-state index contributed by atoms with van der Waals surface area (Å²) in [7, 11) is 0. The van der Waals surface area contributed by atoms with E-state index < -0.39 is 11.9 Å². The molecule has 0 bridgehead atoms. The van der Waals surface area contributed by atoms with E-state index in [-0.39, 0.29) is 18.3 Å². The molecule has 5 rings (SSSR count). The molecule has 0 unspecified atom stereocenters. The van der Waals surface area contributed by atoms with Gasteiger partial charge in [-0.3, -0.25) is 4.79 Å². The van der Waals surface area contributed by atoms with E-state index >= 15 is 0 Å². The molecular formula is C33H26ClN3O3S. The minimum Gasteiger partial charge on any atom is -0.457 e. The van der Waals surface area contributed by atoms with Gasteiger partial charge in [-0.05, 0) is 35.6 Å². The summed E-state index contributed by atoms with van der Waals surface area (Å²) in [5, 5.41) is 19.4. The number of anilines is 1. The minimum absolute atomic E-state index is 0.0487. The fourth-order valence-electron chi connectivity index (χ4n) is 4.78. The Hall–Kier alpha value is -4.51. The van der Waals surface area contributed by atoms with Gasteiger partial charge in [0.1, 0.15) is 6.61 Å². The van der Waals surface area contributed by atoms with Gasteiger partial charge in [0.25, 0.3) is 0 Å². The van der Waals surface area contributed by atoms with Crippen LogP contribution in [0.4, 0.5) is 5.69 Å². The van der Waals surface area contributed by atoms with Crippen LogP contribution < -0.4 is 10.6 Å². The van der Waals surface area contributed by atoms with Crippen molar-refractivity contribution in [3.8, 4) is 6.07 Å². The molecule has 4 aromatic rings. The van der Waals surface area contributed by atoms with Gasteiger partial charge in [0.15, 0.2) is 0 Å². The highest BCUT2D eigenvalue weighted by Gasteiger charge is 2.36. The number of ether oxygens (including phenoxy) is 1. The van der Waals surface area contributed by atoms with Crippen molar-refractivity contribution in [2.24, 2.45) is 0 Å². The Labute approximate surface area is 247 Å². The molecule has 1 heterocycles. The average molecular weight is 580 g/mol. The van der Waals surface area contributed by atoms with E-state index in [1.807, 2.05) is 78.9 Å². The van der Waals surface area contributed by atoms with Crippen LogP contribution in [0.25, 0.3) is 10.8 Å². The number of halogens is 1. The van der Waals surface area contributed by atoms with E-state index in [0.717, 1.165) is 16.3 Å². The second-order valence-corrected chi connectivity index (χ2v) is 10.8. The highest BCUT2D eigenvalue weighted by atomic mass is 35.5. The Kier molecular flexibility index (Phi) is 8.73. The summed E-state index contributed by atoms with van der Waals surface area (Å²) >= 11 is 7.79. The Morgan fingerprint density at radius 2 is 1.68 bits per heavy atom. The minimum atomic E-state index is -0.762. The number of carbonyl (C=O) groups excluding carboxylic acids is 2. The lowest BCUT2D eigenvalue weighted by molar-refractivity contribution is -0.140. The summed E-state index contributed by atoms with van der Waals surface area (Å²) in [6.07, 6.45) is 0. The maximum Gasteiger partial charge on any atom is 0.337 e. The maximum absolute atomic E-state index is 13.5. The molecule has 0 saturated carbocycles. The molecule has 41 heavy (non-hydrogen) atoms. The number of allylic oxidation sites excluding steroid dienone is 2. The fraction of sp³-hybridized carbons (Fsp3) is 0.121. The standard InChI is InChI=1S/C33H26ClN3O3S/c1-21-30(33(39)40-19-22-10-3-2-4-11-22)31(25-15-7-8-16-27(25)34)26(18-35)32(36-21)41-20-29(38)37-28-17-9-13-23-12-5-6-14-24(23)28/h2-17,31,36H,19-20H2,1H3,(H,37,38)/t31-/m1/s1.